The Bertz CT molecular complexity index is 573. The first-order chi connectivity index (χ1) is 11.7. The Kier molecular flexibility index (Phi) is 7.95. The van der Waals surface area contributed by atoms with Gasteiger partial charge in [-0.3, -0.25) is 19.2 Å². The maximum atomic E-state index is 12.1. The van der Waals surface area contributed by atoms with Crippen LogP contribution in [-0.2, 0) is 23.9 Å². The summed E-state index contributed by atoms with van der Waals surface area (Å²) in [5.74, 6) is -2.50. The summed E-state index contributed by atoms with van der Waals surface area (Å²) in [6, 6.07) is -0.867. The molecule has 3 atom stereocenters. The Morgan fingerprint density at radius 1 is 1.40 bits per heavy atom. The lowest BCUT2D eigenvalue weighted by atomic mass is 10.1. The Morgan fingerprint density at radius 2 is 2.04 bits per heavy atom. The summed E-state index contributed by atoms with van der Waals surface area (Å²) < 4.78 is 5.06. The van der Waals surface area contributed by atoms with Crippen LogP contribution in [0.2, 0.25) is 0 Å². The summed E-state index contributed by atoms with van der Waals surface area (Å²) in [7, 11) is 0. The lowest BCUT2D eigenvalue weighted by Gasteiger charge is -2.46. The van der Waals surface area contributed by atoms with Crippen LogP contribution >= 0.6 is 11.8 Å². The maximum Gasteiger partial charge on any atom is 0.323 e. The lowest BCUT2D eigenvalue weighted by molar-refractivity contribution is -0.155. The first-order valence-corrected chi connectivity index (χ1v) is 8.91. The minimum Gasteiger partial charge on any atom is -0.480 e. The second-order valence-corrected chi connectivity index (χ2v) is 7.37. The molecule has 0 aliphatic carbocycles. The molecule has 1 aliphatic heterocycles. The molecule has 3 unspecified atom stereocenters. The minimum absolute atomic E-state index is 0.299. The molecule has 0 aromatic heterocycles. The van der Waals surface area contributed by atoms with Crippen LogP contribution in [0.3, 0.4) is 0 Å². The molecule has 1 aliphatic rings. The number of hydrogen-bond donors (Lipinski definition) is 2. The van der Waals surface area contributed by atoms with Crippen LogP contribution in [0.1, 0.15) is 34.1 Å². The van der Waals surface area contributed by atoms with Gasteiger partial charge in [0.2, 0.25) is 11.8 Å². The molecule has 1 heterocycles. The van der Waals surface area contributed by atoms with E-state index < -0.39 is 47.0 Å². The molecule has 1 fully saturated rings. The number of likely N-dealkylation sites (tertiary alicyclic amines) is 1. The fourth-order valence-electron chi connectivity index (χ4n) is 2.16. The van der Waals surface area contributed by atoms with Crippen molar-refractivity contribution in [1.82, 2.24) is 10.2 Å². The van der Waals surface area contributed by atoms with Gasteiger partial charge >= 0.3 is 11.9 Å². The third-order valence-corrected chi connectivity index (χ3v) is 4.69. The number of nitrogens with one attached hydrogen (secondary N) is 1. The number of esters is 1. The smallest absolute Gasteiger partial charge is 0.323 e. The van der Waals surface area contributed by atoms with Crippen LogP contribution in [0, 0.1) is 0 Å². The SMILES string of the molecule is CCCOC(=O)C(C)SC1C(NC(=O)C=C(C)C)C(=O)N1CC(=O)O. The van der Waals surface area contributed by atoms with Gasteiger partial charge in [0.15, 0.2) is 0 Å². The third kappa shape index (κ3) is 6.08. The number of aliphatic carboxylic acids is 1. The number of amides is 2. The molecule has 1 rings (SSSR count). The molecular weight excluding hydrogens is 348 g/mol. The molecule has 2 N–H and O–H groups in total. The number of β-lactam (4-membered cyclic amide) rings is 1. The van der Waals surface area contributed by atoms with Crippen molar-refractivity contribution in [2.24, 2.45) is 0 Å². The second kappa shape index (κ2) is 9.45. The fraction of sp³-hybridized carbons (Fsp3) is 0.625. The Balaban J connectivity index is 2.80. The summed E-state index contributed by atoms with van der Waals surface area (Å²) in [4.78, 5) is 48.0. The minimum atomic E-state index is -1.16. The van der Waals surface area contributed by atoms with E-state index in [1.54, 1.807) is 20.8 Å². The quantitative estimate of drug-likeness (QED) is 0.349. The molecule has 0 saturated carbocycles. The van der Waals surface area contributed by atoms with Gasteiger partial charge in [0, 0.05) is 6.08 Å². The summed E-state index contributed by atoms with van der Waals surface area (Å²) in [6.45, 7) is 6.81. The predicted octanol–water partition coefficient (Wildman–Crippen LogP) is 0.765. The van der Waals surface area contributed by atoms with Crippen molar-refractivity contribution in [3.8, 4) is 0 Å². The number of nitrogens with zero attached hydrogens (tertiary/aromatic N) is 1. The summed E-state index contributed by atoms with van der Waals surface area (Å²) in [5.41, 5.74) is 0.771. The van der Waals surface area contributed by atoms with Gasteiger partial charge < -0.3 is 20.1 Å². The standard InChI is InChI=1S/C16H24N2O6S/c1-5-6-24-16(23)10(4)25-15-13(17-11(19)7-9(2)3)14(22)18(15)8-12(20)21/h7,10,13,15H,5-6,8H2,1-4H3,(H,17,19)(H,20,21). The molecule has 0 bridgehead atoms. The molecule has 0 spiro atoms. The highest BCUT2D eigenvalue weighted by Gasteiger charge is 2.50. The van der Waals surface area contributed by atoms with Crippen LogP contribution in [-0.4, -0.2) is 63.6 Å². The summed E-state index contributed by atoms with van der Waals surface area (Å²) in [6.07, 6.45) is 2.05. The van der Waals surface area contributed by atoms with E-state index in [1.807, 2.05) is 6.92 Å². The molecular formula is C16H24N2O6S. The van der Waals surface area contributed by atoms with Gasteiger partial charge in [-0.05, 0) is 27.2 Å². The van der Waals surface area contributed by atoms with Gasteiger partial charge in [-0.2, -0.15) is 0 Å². The predicted molar refractivity (Wildman–Crippen MR) is 92.8 cm³/mol. The molecule has 9 heteroatoms. The number of hydrogen-bond acceptors (Lipinski definition) is 6. The maximum absolute atomic E-state index is 12.1. The number of carboxylic acids is 1. The number of thioether (sulfide) groups is 1. The van der Waals surface area contributed by atoms with Crippen molar-refractivity contribution in [3.63, 3.8) is 0 Å². The van der Waals surface area contributed by atoms with Gasteiger partial charge in [0.25, 0.3) is 0 Å². The monoisotopic (exact) mass is 372 g/mol. The number of carboxylic acid groups (broad SMARTS) is 1. The highest BCUT2D eigenvalue weighted by molar-refractivity contribution is 8.01. The molecule has 0 aromatic rings. The Hall–Kier alpha value is -2.03. The molecule has 2 amide bonds. The zero-order chi connectivity index (χ0) is 19.1. The van der Waals surface area contributed by atoms with Crippen molar-refractivity contribution >= 4 is 35.5 Å². The number of carbonyl (C=O) groups excluding carboxylic acids is 3. The van der Waals surface area contributed by atoms with Gasteiger partial charge in [0.05, 0.1) is 6.61 Å². The van der Waals surface area contributed by atoms with Crippen molar-refractivity contribution in [2.45, 2.75) is 50.8 Å². The van der Waals surface area contributed by atoms with Crippen molar-refractivity contribution in [1.29, 1.82) is 0 Å². The lowest BCUT2D eigenvalue weighted by Crippen LogP contribution is -2.70. The van der Waals surface area contributed by atoms with E-state index in [9.17, 15) is 19.2 Å². The van der Waals surface area contributed by atoms with Crippen molar-refractivity contribution in [2.75, 3.05) is 13.2 Å². The molecule has 1 saturated heterocycles. The van der Waals surface area contributed by atoms with Crippen molar-refractivity contribution < 1.29 is 29.0 Å². The van der Waals surface area contributed by atoms with Crippen LogP contribution in [0.15, 0.2) is 11.6 Å². The van der Waals surface area contributed by atoms with E-state index >= 15 is 0 Å². The van der Waals surface area contributed by atoms with Crippen LogP contribution in [0.5, 0.6) is 0 Å². The van der Waals surface area contributed by atoms with Crippen LogP contribution in [0.4, 0.5) is 0 Å². The van der Waals surface area contributed by atoms with Gasteiger partial charge in [-0.1, -0.05) is 12.5 Å². The van der Waals surface area contributed by atoms with E-state index in [-0.39, 0.29) is 0 Å². The third-order valence-electron chi connectivity index (χ3n) is 3.29. The van der Waals surface area contributed by atoms with Gasteiger partial charge in [-0.15, -0.1) is 11.8 Å². The summed E-state index contributed by atoms with van der Waals surface area (Å²) in [5, 5.41) is 10.3. The molecule has 25 heavy (non-hydrogen) atoms. The van der Waals surface area contributed by atoms with Gasteiger partial charge in [-0.25, -0.2) is 0 Å². The molecule has 8 nitrogen and oxygen atoms in total. The highest BCUT2D eigenvalue weighted by atomic mass is 32.2. The molecule has 0 aromatic carbocycles. The average Bonchev–Trinajstić information content (AvgIpc) is 2.52. The first-order valence-electron chi connectivity index (χ1n) is 7.97. The van der Waals surface area contributed by atoms with Crippen LogP contribution < -0.4 is 5.32 Å². The number of ether oxygens (including phenoxy) is 1. The summed E-state index contributed by atoms with van der Waals surface area (Å²) >= 11 is 1.10. The largest absolute Gasteiger partial charge is 0.480 e. The molecule has 140 valence electrons. The zero-order valence-corrected chi connectivity index (χ0v) is 15.6. The molecule has 0 radical (unpaired) electrons. The second-order valence-electron chi connectivity index (χ2n) is 5.90. The zero-order valence-electron chi connectivity index (χ0n) is 14.8. The number of allylic oxidation sites excluding steroid dienone is 1. The number of rotatable bonds is 9. The van der Waals surface area contributed by atoms with E-state index in [0.717, 1.165) is 22.2 Å². The number of carbonyl (C=O) groups is 4. The van der Waals surface area contributed by atoms with E-state index in [4.69, 9.17) is 9.84 Å². The van der Waals surface area contributed by atoms with E-state index in [0.29, 0.717) is 13.0 Å². The Morgan fingerprint density at radius 3 is 2.56 bits per heavy atom. The topological polar surface area (TPSA) is 113 Å². The fourth-order valence-corrected chi connectivity index (χ4v) is 3.43. The van der Waals surface area contributed by atoms with E-state index in [2.05, 4.69) is 5.32 Å². The normalized spacial score (nSPS) is 20.3. The van der Waals surface area contributed by atoms with Crippen LogP contribution in [0.25, 0.3) is 0 Å². The van der Waals surface area contributed by atoms with E-state index in [1.165, 1.54) is 6.08 Å². The highest BCUT2D eigenvalue weighted by Crippen LogP contribution is 2.33. The average molecular weight is 372 g/mol. The Labute approximate surface area is 151 Å². The van der Waals surface area contributed by atoms with Gasteiger partial charge in [0.1, 0.15) is 23.2 Å². The first kappa shape index (κ1) is 21.0. The van der Waals surface area contributed by atoms with Crippen molar-refractivity contribution in [3.05, 3.63) is 11.6 Å².